The van der Waals surface area contributed by atoms with Crippen molar-refractivity contribution in [1.82, 2.24) is 10.3 Å². The lowest BCUT2D eigenvalue weighted by molar-refractivity contribution is 0.0961. The maximum absolute atomic E-state index is 11.9. The predicted octanol–water partition coefficient (Wildman–Crippen LogP) is 2.02. The zero-order valence-electron chi connectivity index (χ0n) is 12.7. The van der Waals surface area contributed by atoms with E-state index in [1.165, 1.54) is 0 Å². The summed E-state index contributed by atoms with van der Waals surface area (Å²) in [7, 11) is 1.62. The van der Waals surface area contributed by atoms with Gasteiger partial charge in [-0.3, -0.25) is 4.79 Å². The van der Waals surface area contributed by atoms with Gasteiger partial charge < -0.3 is 15.0 Å². The fraction of sp³-hybridized carbons (Fsp3) is 0.294. The summed E-state index contributed by atoms with van der Waals surface area (Å²) in [6.07, 6.45) is 1.83. The van der Waals surface area contributed by atoms with E-state index in [1.807, 2.05) is 31.2 Å². The summed E-state index contributed by atoms with van der Waals surface area (Å²) in [5.74, 6) is 1.51. The van der Waals surface area contributed by atoms with Gasteiger partial charge in [-0.25, -0.2) is 4.98 Å². The average molecular weight is 297 g/mol. The maximum atomic E-state index is 11.9. The number of anilines is 1. The smallest absolute Gasteiger partial charge is 0.254 e. The lowest BCUT2D eigenvalue weighted by Gasteiger charge is -2.40. The topological polar surface area (TPSA) is 54.5 Å². The van der Waals surface area contributed by atoms with Crippen molar-refractivity contribution in [3.8, 4) is 5.75 Å². The van der Waals surface area contributed by atoms with Gasteiger partial charge in [-0.1, -0.05) is 18.2 Å². The third-order valence-electron chi connectivity index (χ3n) is 3.79. The van der Waals surface area contributed by atoms with Gasteiger partial charge in [-0.2, -0.15) is 0 Å². The van der Waals surface area contributed by atoms with Gasteiger partial charge in [0.25, 0.3) is 5.91 Å². The van der Waals surface area contributed by atoms with Crippen molar-refractivity contribution in [3.63, 3.8) is 0 Å². The highest BCUT2D eigenvalue weighted by Gasteiger charge is 2.32. The maximum Gasteiger partial charge on any atom is 0.254 e. The van der Waals surface area contributed by atoms with Crippen LogP contribution in [0.1, 0.15) is 15.9 Å². The summed E-state index contributed by atoms with van der Waals surface area (Å²) < 4.78 is 5.99. The van der Waals surface area contributed by atoms with Gasteiger partial charge in [0.1, 0.15) is 17.7 Å². The molecule has 5 heteroatoms. The number of nitrogens with one attached hydrogen (secondary N) is 1. The lowest BCUT2D eigenvalue weighted by atomic mass is 10.1. The highest BCUT2D eigenvalue weighted by Crippen LogP contribution is 2.26. The summed E-state index contributed by atoms with van der Waals surface area (Å²) in [5.41, 5.74) is 1.73. The van der Waals surface area contributed by atoms with Gasteiger partial charge in [-0.15, -0.1) is 0 Å². The minimum atomic E-state index is -0.119. The Hall–Kier alpha value is -2.56. The molecule has 1 fully saturated rings. The molecule has 0 aliphatic carbocycles. The summed E-state index contributed by atoms with van der Waals surface area (Å²) >= 11 is 0. The number of hydrogen-bond acceptors (Lipinski definition) is 4. The Balaban J connectivity index is 1.67. The van der Waals surface area contributed by atoms with Crippen LogP contribution in [0, 0.1) is 6.92 Å². The molecule has 1 aromatic carbocycles. The first kappa shape index (κ1) is 14.4. The van der Waals surface area contributed by atoms with Crippen molar-refractivity contribution in [1.29, 1.82) is 0 Å². The number of pyridine rings is 1. The Morgan fingerprint density at radius 2 is 2.05 bits per heavy atom. The average Bonchev–Trinajstić information content (AvgIpc) is 2.51. The molecule has 0 saturated carbocycles. The Kier molecular flexibility index (Phi) is 3.96. The Morgan fingerprint density at radius 1 is 1.27 bits per heavy atom. The molecule has 1 aliphatic rings. The minimum Gasteiger partial charge on any atom is -0.486 e. The Labute approximate surface area is 129 Å². The molecule has 22 heavy (non-hydrogen) atoms. The van der Waals surface area contributed by atoms with Crippen LogP contribution in [0.4, 0.5) is 5.82 Å². The van der Waals surface area contributed by atoms with E-state index in [1.54, 1.807) is 25.4 Å². The van der Waals surface area contributed by atoms with Gasteiger partial charge in [0.15, 0.2) is 0 Å². The SMILES string of the molecule is CNC(=O)c1cccnc1N1CC(Oc2ccccc2C)C1. The van der Waals surface area contributed by atoms with E-state index in [4.69, 9.17) is 4.74 Å². The van der Waals surface area contributed by atoms with Crippen LogP contribution < -0.4 is 15.0 Å². The van der Waals surface area contributed by atoms with E-state index in [0.29, 0.717) is 11.4 Å². The molecule has 3 rings (SSSR count). The lowest BCUT2D eigenvalue weighted by Crippen LogP contribution is -2.54. The molecule has 1 aliphatic heterocycles. The highest BCUT2D eigenvalue weighted by molar-refractivity contribution is 5.98. The Morgan fingerprint density at radius 3 is 2.77 bits per heavy atom. The second-order valence-electron chi connectivity index (χ2n) is 5.36. The van der Waals surface area contributed by atoms with Gasteiger partial charge in [0.2, 0.25) is 0 Å². The molecule has 1 amide bonds. The number of carbonyl (C=O) groups excluding carboxylic acids is 1. The van der Waals surface area contributed by atoms with Crippen LogP contribution in [-0.4, -0.2) is 37.1 Å². The first-order valence-electron chi connectivity index (χ1n) is 7.33. The van der Waals surface area contributed by atoms with E-state index >= 15 is 0 Å². The van der Waals surface area contributed by atoms with Gasteiger partial charge in [0, 0.05) is 13.2 Å². The number of benzene rings is 1. The number of aryl methyl sites for hydroxylation is 1. The third-order valence-corrected chi connectivity index (χ3v) is 3.79. The van der Waals surface area contributed by atoms with Gasteiger partial charge in [-0.05, 0) is 30.7 Å². The molecular weight excluding hydrogens is 278 g/mol. The number of carbonyl (C=O) groups is 1. The molecule has 0 atom stereocenters. The van der Waals surface area contributed by atoms with Crippen molar-refractivity contribution in [3.05, 3.63) is 53.7 Å². The number of ether oxygens (including phenoxy) is 1. The highest BCUT2D eigenvalue weighted by atomic mass is 16.5. The standard InChI is InChI=1S/C17H19N3O2/c1-12-6-3-4-8-15(12)22-13-10-20(11-13)16-14(17(21)18-2)7-5-9-19-16/h3-9,13H,10-11H2,1-2H3,(H,18,21). The number of hydrogen-bond donors (Lipinski definition) is 1. The van der Waals surface area contributed by atoms with Crippen LogP contribution in [0.3, 0.4) is 0 Å². The fourth-order valence-electron chi connectivity index (χ4n) is 2.51. The van der Waals surface area contributed by atoms with Crippen LogP contribution >= 0.6 is 0 Å². The van der Waals surface area contributed by atoms with Crippen LogP contribution in [0.15, 0.2) is 42.6 Å². The summed E-state index contributed by atoms with van der Waals surface area (Å²) in [5, 5.41) is 2.65. The molecule has 0 unspecified atom stereocenters. The number of aromatic nitrogens is 1. The predicted molar refractivity (Wildman–Crippen MR) is 85.4 cm³/mol. The molecule has 2 aromatic rings. The molecule has 0 radical (unpaired) electrons. The molecule has 1 saturated heterocycles. The largest absolute Gasteiger partial charge is 0.486 e. The zero-order valence-corrected chi connectivity index (χ0v) is 12.7. The van der Waals surface area contributed by atoms with E-state index < -0.39 is 0 Å². The number of rotatable bonds is 4. The second kappa shape index (κ2) is 6.05. The van der Waals surface area contributed by atoms with Crippen LogP contribution in [0.2, 0.25) is 0 Å². The van der Waals surface area contributed by atoms with E-state index in [0.717, 1.165) is 24.4 Å². The monoisotopic (exact) mass is 297 g/mol. The van der Waals surface area contributed by atoms with Gasteiger partial charge >= 0.3 is 0 Å². The van der Waals surface area contributed by atoms with E-state index in [2.05, 4.69) is 15.2 Å². The number of amides is 1. The van der Waals surface area contributed by atoms with Crippen molar-refractivity contribution in [2.45, 2.75) is 13.0 Å². The number of para-hydroxylation sites is 1. The quantitative estimate of drug-likeness (QED) is 0.938. The summed E-state index contributed by atoms with van der Waals surface area (Å²) in [6.45, 7) is 3.50. The molecular formula is C17H19N3O2. The minimum absolute atomic E-state index is 0.119. The molecule has 5 nitrogen and oxygen atoms in total. The van der Waals surface area contributed by atoms with E-state index in [-0.39, 0.29) is 12.0 Å². The normalized spacial score (nSPS) is 14.4. The first-order chi connectivity index (χ1) is 10.7. The molecule has 0 bridgehead atoms. The van der Waals surface area contributed by atoms with Crippen molar-refractivity contribution in [2.24, 2.45) is 0 Å². The van der Waals surface area contributed by atoms with Crippen LogP contribution in [0.25, 0.3) is 0 Å². The van der Waals surface area contributed by atoms with Gasteiger partial charge in [0.05, 0.1) is 18.7 Å². The molecule has 1 aromatic heterocycles. The second-order valence-corrected chi connectivity index (χ2v) is 5.36. The van der Waals surface area contributed by atoms with Crippen LogP contribution in [-0.2, 0) is 0 Å². The summed E-state index contributed by atoms with van der Waals surface area (Å²) in [4.78, 5) is 18.3. The third kappa shape index (κ3) is 2.74. The van der Waals surface area contributed by atoms with Crippen molar-refractivity contribution >= 4 is 11.7 Å². The first-order valence-corrected chi connectivity index (χ1v) is 7.33. The zero-order chi connectivity index (χ0) is 15.5. The summed E-state index contributed by atoms with van der Waals surface area (Å²) in [6, 6.07) is 11.6. The molecule has 0 spiro atoms. The van der Waals surface area contributed by atoms with Crippen LogP contribution in [0.5, 0.6) is 5.75 Å². The molecule has 1 N–H and O–H groups in total. The molecule has 114 valence electrons. The van der Waals surface area contributed by atoms with Crippen molar-refractivity contribution < 1.29 is 9.53 Å². The number of nitrogens with zero attached hydrogens (tertiary/aromatic N) is 2. The molecule has 2 heterocycles. The fourth-order valence-corrected chi connectivity index (χ4v) is 2.51. The van der Waals surface area contributed by atoms with Crippen molar-refractivity contribution in [2.75, 3.05) is 25.0 Å². The van der Waals surface area contributed by atoms with E-state index in [9.17, 15) is 4.79 Å². The Bertz CT molecular complexity index is 681.